The number of nitrogens with zero attached hydrogens (tertiary/aromatic N) is 5. The number of carbonyl (C=O) groups is 1. The number of halogens is 1. The van der Waals surface area contributed by atoms with Crippen molar-refractivity contribution >= 4 is 22.5 Å². The Labute approximate surface area is 205 Å². The van der Waals surface area contributed by atoms with Crippen molar-refractivity contribution in [2.24, 2.45) is 0 Å². The van der Waals surface area contributed by atoms with Gasteiger partial charge < -0.3 is 14.8 Å². The monoisotopic (exact) mass is 484 g/mol. The number of methoxy groups -OCH3 is 2. The first kappa shape index (κ1) is 22.9. The minimum atomic E-state index is -0.520. The molecule has 180 valence electrons. The molecule has 0 saturated heterocycles. The van der Waals surface area contributed by atoms with Gasteiger partial charge in [-0.25, -0.2) is 9.37 Å². The normalized spacial score (nSPS) is 10.9. The summed E-state index contributed by atoms with van der Waals surface area (Å²) in [5.41, 5.74) is 2.92. The van der Waals surface area contributed by atoms with Crippen molar-refractivity contribution in [3.63, 3.8) is 0 Å². The molecule has 0 saturated carbocycles. The molecule has 0 aliphatic rings. The summed E-state index contributed by atoms with van der Waals surface area (Å²) in [5, 5.41) is 14.7. The lowest BCUT2D eigenvalue weighted by Crippen LogP contribution is -2.14. The maximum Gasteiger partial charge on any atom is 0.256 e. The van der Waals surface area contributed by atoms with Gasteiger partial charge in [-0.3, -0.25) is 4.79 Å². The maximum atomic E-state index is 14.5. The van der Waals surface area contributed by atoms with Gasteiger partial charge in [0.05, 0.1) is 31.0 Å². The van der Waals surface area contributed by atoms with E-state index in [4.69, 9.17) is 14.5 Å². The van der Waals surface area contributed by atoms with Crippen molar-refractivity contribution < 1.29 is 18.7 Å². The van der Waals surface area contributed by atoms with Gasteiger partial charge in [0.2, 0.25) is 0 Å². The van der Waals surface area contributed by atoms with Crippen molar-refractivity contribution in [3.05, 3.63) is 83.9 Å². The summed E-state index contributed by atoms with van der Waals surface area (Å²) in [6.07, 6.45) is 0. The number of aromatic nitrogens is 5. The number of carbonyl (C=O) groups excluding carboxylic acids is 1. The first-order valence-corrected chi connectivity index (χ1v) is 11.0. The van der Waals surface area contributed by atoms with Gasteiger partial charge >= 0.3 is 0 Å². The number of ether oxygens (including phenoxy) is 2. The van der Waals surface area contributed by atoms with E-state index in [1.165, 1.54) is 22.9 Å². The SMILES string of the molecule is COc1ccc(-c2cc(C(=O)Nc3ccc(F)c(-n4nnnc4C)c3)c3ccccc3n2)cc1OC. The molecule has 2 heterocycles. The largest absolute Gasteiger partial charge is 0.493 e. The maximum absolute atomic E-state index is 14.5. The van der Waals surface area contributed by atoms with Crippen LogP contribution >= 0.6 is 0 Å². The number of benzene rings is 3. The lowest BCUT2D eigenvalue weighted by Gasteiger charge is -2.13. The molecule has 0 atom stereocenters. The Balaban J connectivity index is 1.55. The minimum absolute atomic E-state index is 0.126. The van der Waals surface area contributed by atoms with E-state index in [0.29, 0.717) is 45.2 Å². The third-order valence-electron chi connectivity index (χ3n) is 5.70. The number of para-hydroxylation sites is 1. The van der Waals surface area contributed by atoms with Crippen molar-refractivity contribution in [1.29, 1.82) is 0 Å². The predicted octanol–water partition coefficient (Wildman–Crippen LogP) is 4.59. The van der Waals surface area contributed by atoms with Crippen LogP contribution in [0.15, 0.2) is 66.7 Å². The topological polar surface area (TPSA) is 104 Å². The zero-order valence-electron chi connectivity index (χ0n) is 19.7. The zero-order chi connectivity index (χ0) is 25.2. The molecular weight excluding hydrogens is 463 g/mol. The number of pyridine rings is 1. The molecule has 0 spiro atoms. The Morgan fingerprint density at radius 1 is 0.972 bits per heavy atom. The fourth-order valence-corrected chi connectivity index (χ4v) is 3.91. The van der Waals surface area contributed by atoms with Gasteiger partial charge in [0.25, 0.3) is 5.91 Å². The van der Waals surface area contributed by atoms with Crippen LogP contribution in [0, 0.1) is 12.7 Å². The van der Waals surface area contributed by atoms with Crippen LogP contribution in [0.5, 0.6) is 11.5 Å². The second kappa shape index (κ2) is 9.41. The van der Waals surface area contributed by atoms with E-state index in [9.17, 15) is 9.18 Å². The van der Waals surface area contributed by atoms with Crippen LogP contribution in [0.2, 0.25) is 0 Å². The summed E-state index contributed by atoms with van der Waals surface area (Å²) >= 11 is 0. The zero-order valence-corrected chi connectivity index (χ0v) is 19.7. The number of fused-ring (bicyclic) bond motifs is 1. The lowest BCUT2D eigenvalue weighted by molar-refractivity contribution is 0.102. The van der Waals surface area contributed by atoms with Crippen LogP contribution in [-0.4, -0.2) is 45.3 Å². The Kier molecular flexibility index (Phi) is 5.99. The van der Waals surface area contributed by atoms with Gasteiger partial charge in [-0.15, -0.1) is 5.10 Å². The number of aryl methyl sites for hydroxylation is 1. The van der Waals surface area contributed by atoms with Crippen molar-refractivity contribution in [2.45, 2.75) is 6.92 Å². The molecule has 5 rings (SSSR count). The summed E-state index contributed by atoms with van der Waals surface area (Å²) in [5.74, 6) is 0.657. The molecule has 1 amide bonds. The summed E-state index contributed by atoms with van der Waals surface area (Å²) in [7, 11) is 3.12. The van der Waals surface area contributed by atoms with Crippen LogP contribution in [0.3, 0.4) is 0 Å². The number of anilines is 1. The van der Waals surface area contributed by atoms with Crippen LogP contribution in [0.4, 0.5) is 10.1 Å². The van der Waals surface area contributed by atoms with Gasteiger partial charge in [0.1, 0.15) is 11.5 Å². The van der Waals surface area contributed by atoms with Crippen molar-refractivity contribution in [1.82, 2.24) is 25.2 Å². The molecule has 0 bridgehead atoms. The molecule has 5 aromatic rings. The van der Waals surface area contributed by atoms with Crippen LogP contribution in [0.1, 0.15) is 16.2 Å². The minimum Gasteiger partial charge on any atom is -0.493 e. The standard InChI is InChI=1S/C26H21FN6O3/c1-15-30-31-32-33(15)23-13-17(9-10-20(23)27)28-26(34)19-14-22(29-21-7-5-4-6-18(19)21)16-8-11-24(35-2)25(12-16)36-3/h4-14H,1-3H3,(H,28,34). The molecule has 0 aliphatic heterocycles. The number of nitrogens with one attached hydrogen (secondary N) is 1. The van der Waals surface area contributed by atoms with E-state index < -0.39 is 5.82 Å². The molecule has 0 aliphatic carbocycles. The van der Waals surface area contributed by atoms with Crippen molar-refractivity contribution in [3.8, 4) is 28.4 Å². The highest BCUT2D eigenvalue weighted by Gasteiger charge is 2.17. The quantitative estimate of drug-likeness (QED) is 0.376. The van der Waals surface area contributed by atoms with E-state index in [1.54, 1.807) is 39.3 Å². The highest BCUT2D eigenvalue weighted by atomic mass is 19.1. The average Bonchev–Trinajstić information content (AvgIpc) is 3.34. The first-order valence-electron chi connectivity index (χ1n) is 11.0. The molecule has 0 radical (unpaired) electrons. The number of amides is 1. The third kappa shape index (κ3) is 4.20. The van der Waals surface area contributed by atoms with Crippen LogP contribution in [-0.2, 0) is 0 Å². The Bertz CT molecular complexity index is 1600. The molecule has 0 fully saturated rings. The van der Waals surface area contributed by atoms with Gasteiger partial charge in [0, 0.05) is 16.6 Å². The van der Waals surface area contributed by atoms with Gasteiger partial charge in [-0.1, -0.05) is 18.2 Å². The summed E-state index contributed by atoms with van der Waals surface area (Å²) in [4.78, 5) is 18.2. The molecular formula is C26H21FN6O3. The van der Waals surface area contributed by atoms with E-state index in [1.807, 2.05) is 30.3 Å². The number of hydrogen-bond donors (Lipinski definition) is 1. The average molecular weight is 484 g/mol. The van der Waals surface area contributed by atoms with E-state index in [2.05, 4.69) is 20.8 Å². The van der Waals surface area contributed by atoms with E-state index in [-0.39, 0.29) is 11.6 Å². The molecule has 0 unspecified atom stereocenters. The highest BCUT2D eigenvalue weighted by Crippen LogP contribution is 2.33. The smallest absolute Gasteiger partial charge is 0.256 e. The van der Waals surface area contributed by atoms with Gasteiger partial charge in [-0.2, -0.15) is 4.68 Å². The molecule has 1 N–H and O–H groups in total. The molecule has 9 nitrogen and oxygen atoms in total. The second-order valence-corrected chi connectivity index (χ2v) is 7.90. The summed E-state index contributed by atoms with van der Waals surface area (Å²) < 4.78 is 26.5. The number of rotatable bonds is 6. The first-order chi connectivity index (χ1) is 17.5. The van der Waals surface area contributed by atoms with Crippen molar-refractivity contribution in [2.75, 3.05) is 19.5 Å². The van der Waals surface area contributed by atoms with Crippen LogP contribution < -0.4 is 14.8 Å². The molecule has 10 heteroatoms. The summed E-state index contributed by atoms with van der Waals surface area (Å²) in [6, 6.07) is 18.7. The van der Waals surface area contributed by atoms with Gasteiger partial charge in [0.15, 0.2) is 17.3 Å². The molecule has 36 heavy (non-hydrogen) atoms. The van der Waals surface area contributed by atoms with E-state index in [0.717, 1.165) is 5.56 Å². The molecule has 3 aromatic carbocycles. The fourth-order valence-electron chi connectivity index (χ4n) is 3.91. The Morgan fingerprint density at radius 2 is 1.78 bits per heavy atom. The fraction of sp³-hybridized carbons (Fsp3) is 0.115. The second-order valence-electron chi connectivity index (χ2n) is 7.90. The Hall–Kier alpha value is -4.86. The third-order valence-corrected chi connectivity index (χ3v) is 5.70. The van der Waals surface area contributed by atoms with E-state index >= 15 is 0 Å². The highest BCUT2D eigenvalue weighted by molar-refractivity contribution is 6.13. The number of tetrazole rings is 1. The predicted molar refractivity (Wildman–Crippen MR) is 132 cm³/mol. The summed E-state index contributed by atoms with van der Waals surface area (Å²) in [6.45, 7) is 1.66. The Morgan fingerprint density at radius 3 is 2.53 bits per heavy atom. The number of hydrogen-bond acceptors (Lipinski definition) is 7. The lowest BCUT2D eigenvalue weighted by atomic mass is 10.0. The van der Waals surface area contributed by atoms with Gasteiger partial charge in [-0.05, 0) is 65.9 Å². The van der Waals surface area contributed by atoms with Crippen LogP contribution in [0.25, 0.3) is 27.8 Å². The molecule has 2 aromatic heterocycles.